The van der Waals surface area contributed by atoms with Gasteiger partial charge in [-0.2, -0.15) is 9.97 Å². The number of hydrogen-bond donors (Lipinski definition) is 1. The molecule has 8 nitrogen and oxygen atoms in total. The standard InChI is InChI=1S/C21H23FN4O4S/c1-5-14(3)31(28,29)25-18-11-17(15-9-10-19(27)26(4)12-15)23-21(24-18)30-20-13(2)7-6-8-16(20)22/h6-12,14H,5H2,1-4H3,(H,23,24,25)/t14-/m0/s1. The lowest BCUT2D eigenvalue weighted by Gasteiger charge is -2.15. The summed E-state index contributed by atoms with van der Waals surface area (Å²) in [4.78, 5) is 20.1. The Bertz CT molecular complexity index is 1250. The highest BCUT2D eigenvalue weighted by molar-refractivity contribution is 7.93. The average molecular weight is 447 g/mol. The molecule has 0 aliphatic rings. The van der Waals surface area contributed by atoms with E-state index < -0.39 is 21.1 Å². The molecule has 0 saturated heterocycles. The van der Waals surface area contributed by atoms with Crippen molar-refractivity contribution in [1.82, 2.24) is 14.5 Å². The molecule has 0 amide bonds. The van der Waals surface area contributed by atoms with Crippen molar-refractivity contribution in [2.75, 3.05) is 4.72 Å². The van der Waals surface area contributed by atoms with Gasteiger partial charge >= 0.3 is 6.01 Å². The normalized spacial score (nSPS) is 12.4. The number of benzene rings is 1. The SMILES string of the molecule is CC[C@H](C)S(=O)(=O)Nc1cc(-c2ccc(=O)n(C)c2)nc(Oc2c(C)cccc2F)n1. The van der Waals surface area contributed by atoms with E-state index in [1.54, 1.807) is 52.2 Å². The molecule has 0 saturated carbocycles. The molecule has 0 radical (unpaired) electrons. The lowest BCUT2D eigenvalue weighted by molar-refractivity contribution is 0.409. The first-order chi connectivity index (χ1) is 14.6. The summed E-state index contributed by atoms with van der Waals surface area (Å²) >= 11 is 0. The predicted octanol–water partition coefficient (Wildman–Crippen LogP) is 3.62. The third-order valence-electron chi connectivity index (χ3n) is 4.80. The molecule has 0 bridgehead atoms. The molecule has 0 spiro atoms. The van der Waals surface area contributed by atoms with Crippen LogP contribution in [0.15, 0.2) is 47.4 Å². The minimum absolute atomic E-state index is 0.0249. The van der Waals surface area contributed by atoms with E-state index >= 15 is 0 Å². The molecule has 0 fully saturated rings. The number of anilines is 1. The number of ether oxygens (including phenoxy) is 1. The number of rotatable bonds is 7. The Morgan fingerprint density at radius 2 is 1.97 bits per heavy atom. The Balaban J connectivity index is 2.11. The van der Waals surface area contributed by atoms with Gasteiger partial charge in [0.05, 0.1) is 10.9 Å². The van der Waals surface area contributed by atoms with Crippen molar-refractivity contribution in [2.45, 2.75) is 32.4 Å². The molecule has 1 atom stereocenters. The minimum atomic E-state index is -3.71. The van der Waals surface area contributed by atoms with Crippen molar-refractivity contribution < 1.29 is 17.5 Å². The number of hydrogen-bond acceptors (Lipinski definition) is 6. The van der Waals surface area contributed by atoms with Crippen molar-refractivity contribution in [2.24, 2.45) is 7.05 Å². The van der Waals surface area contributed by atoms with Gasteiger partial charge in [-0.25, -0.2) is 12.8 Å². The van der Waals surface area contributed by atoms with Crippen LogP contribution in [0.4, 0.5) is 10.2 Å². The molecule has 0 unspecified atom stereocenters. The Kier molecular flexibility index (Phi) is 6.40. The highest BCUT2D eigenvalue weighted by atomic mass is 32.2. The number of halogens is 1. The van der Waals surface area contributed by atoms with Crippen LogP contribution in [0.5, 0.6) is 11.8 Å². The van der Waals surface area contributed by atoms with Gasteiger partial charge < -0.3 is 9.30 Å². The first-order valence-electron chi connectivity index (χ1n) is 9.61. The third-order valence-corrected chi connectivity index (χ3v) is 6.68. The van der Waals surface area contributed by atoms with Crippen molar-refractivity contribution in [3.63, 3.8) is 0 Å². The minimum Gasteiger partial charge on any atom is -0.421 e. The number of sulfonamides is 1. The maximum absolute atomic E-state index is 14.3. The largest absolute Gasteiger partial charge is 0.421 e. The summed E-state index contributed by atoms with van der Waals surface area (Å²) in [5, 5.41) is -0.651. The molecular weight excluding hydrogens is 423 g/mol. The predicted molar refractivity (Wildman–Crippen MR) is 116 cm³/mol. The summed E-state index contributed by atoms with van der Waals surface area (Å²) < 4.78 is 48.7. The lowest BCUT2D eigenvalue weighted by Crippen LogP contribution is -2.25. The fourth-order valence-electron chi connectivity index (χ4n) is 2.72. The summed E-state index contributed by atoms with van der Waals surface area (Å²) in [6.45, 7) is 5.01. The molecule has 1 aromatic carbocycles. The van der Waals surface area contributed by atoms with E-state index in [9.17, 15) is 17.6 Å². The van der Waals surface area contributed by atoms with Crippen LogP contribution in [0.3, 0.4) is 0 Å². The van der Waals surface area contributed by atoms with E-state index in [0.29, 0.717) is 23.2 Å². The molecule has 10 heteroatoms. The zero-order valence-corrected chi connectivity index (χ0v) is 18.4. The van der Waals surface area contributed by atoms with Gasteiger partial charge in [0, 0.05) is 30.9 Å². The Morgan fingerprint density at radius 3 is 2.61 bits per heavy atom. The second-order valence-corrected chi connectivity index (χ2v) is 9.24. The molecule has 0 aliphatic carbocycles. The van der Waals surface area contributed by atoms with Gasteiger partial charge in [0.2, 0.25) is 15.6 Å². The van der Waals surface area contributed by atoms with E-state index in [-0.39, 0.29) is 23.1 Å². The topological polar surface area (TPSA) is 103 Å². The summed E-state index contributed by atoms with van der Waals surface area (Å²) in [6.07, 6.45) is 1.96. The number of para-hydroxylation sites is 1. The highest BCUT2D eigenvalue weighted by Gasteiger charge is 2.21. The highest BCUT2D eigenvalue weighted by Crippen LogP contribution is 2.29. The van der Waals surface area contributed by atoms with Gasteiger partial charge in [-0.15, -0.1) is 0 Å². The lowest BCUT2D eigenvalue weighted by atomic mass is 10.2. The second kappa shape index (κ2) is 8.84. The fourth-order valence-corrected chi connectivity index (χ4v) is 3.76. The van der Waals surface area contributed by atoms with E-state index in [4.69, 9.17) is 4.74 Å². The van der Waals surface area contributed by atoms with Crippen molar-refractivity contribution >= 4 is 15.8 Å². The van der Waals surface area contributed by atoms with Crippen LogP contribution in [-0.2, 0) is 17.1 Å². The first-order valence-corrected chi connectivity index (χ1v) is 11.2. The number of pyridine rings is 1. The monoisotopic (exact) mass is 446 g/mol. The maximum Gasteiger partial charge on any atom is 0.324 e. The maximum atomic E-state index is 14.3. The molecular formula is C21H23FN4O4S. The van der Waals surface area contributed by atoms with Gasteiger partial charge in [-0.3, -0.25) is 9.52 Å². The van der Waals surface area contributed by atoms with Crippen LogP contribution in [0.25, 0.3) is 11.3 Å². The van der Waals surface area contributed by atoms with E-state index in [2.05, 4.69) is 14.7 Å². The summed E-state index contributed by atoms with van der Waals surface area (Å²) in [5.41, 5.74) is 1.15. The molecule has 3 aromatic rings. The van der Waals surface area contributed by atoms with Gasteiger partial charge in [0.15, 0.2) is 11.6 Å². The molecule has 2 aromatic heterocycles. The molecule has 0 aliphatic heterocycles. The number of aryl methyl sites for hydroxylation is 2. The van der Waals surface area contributed by atoms with Gasteiger partial charge in [0.1, 0.15) is 5.82 Å². The Morgan fingerprint density at radius 1 is 1.23 bits per heavy atom. The molecule has 1 N–H and O–H groups in total. The van der Waals surface area contributed by atoms with Gasteiger partial charge in [0.25, 0.3) is 0 Å². The molecule has 2 heterocycles. The van der Waals surface area contributed by atoms with Gasteiger partial charge in [-0.05, 0) is 38.0 Å². The zero-order valence-electron chi connectivity index (χ0n) is 17.6. The second-order valence-electron chi connectivity index (χ2n) is 7.14. The van der Waals surface area contributed by atoms with E-state index in [1.165, 1.54) is 22.8 Å². The summed E-state index contributed by atoms with van der Waals surface area (Å²) in [7, 11) is -2.13. The number of nitrogens with zero attached hydrogens (tertiary/aromatic N) is 3. The van der Waals surface area contributed by atoms with Crippen LogP contribution < -0.4 is 15.0 Å². The zero-order chi connectivity index (χ0) is 22.8. The van der Waals surface area contributed by atoms with Crippen LogP contribution in [0.2, 0.25) is 0 Å². The molecule has 31 heavy (non-hydrogen) atoms. The molecule has 3 rings (SSSR count). The first kappa shape index (κ1) is 22.4. The summed E-state index contributed by atoms with van der Waals surface area (Å²) in [5.74, 6) is -0.683. The van der Waals surface area contributed by atoms with Crippen molar-refractivity contribution in [3.05, 3.63) is 64.3 Å². The molecule has 164 valence electrons. The summed E-state index contributed by atoms with van der Waals surface area (Å²) in [6, 6.07) is 8.57. The Hall–Kier alpha value is -3.27. The van der Waals surface area contributed by atoms with Crippen LogP contribution >= 0.6 is 0 Å². The average Bonchev–Trinajstić information content (AvgIpc) is 2.71. The van der Waals surface area contributed by atoms with Gasteiger partial charge in [-0.1, -0.05) is 19.1 Å². The fraction of sp³-hybridized carbons (Fsp3) is 0.286. The van der Waals surface area contributed by atoms with E-state index in [1.807, 2.05) is 0 Å². The smallest absolute Gasteiger partial charge is 0.324 e. The third kappa shape index (κ3) is 5.08. The van der Waals surface area contributed by atoms with Crippen molar-refractivity contribution in [3.8, 4) is 23.0 Å². The quantitative estimate of drug-likeness (QED) is 0.595. The van der Waals surface area contributed by atoms with Crippen LogP contribution in [0.1, 0.15) is 25.8 Å². The van der Waals surface area contributed by atoms with Crippen LogP contribution in [0, 0.1) is 12.7 Å². The van der Waals surface area contributed by atoms with E-state index in [0.717, 1.165) is 0 Å². The number of nitrogens with one attached hydrogen (secondary N) is 1. The van der Waals surface area contributed by atoms with Crippen molar-refractivity contribution in [1.29, 1.82) is 0 Å². The van der Waals surface area contributed by atoms with Crippen LogP contribution in [-0.4, -0.2) is 28.2 Å². The number of aromatic nitrogens is 3. The Labute approximate surface area is 179 Å².